The van der Waals surface area contributed by atoms with Crippen LogP contribution in [0.15, 0.2) is 23.3 Å². The normalized spacial score (nSPS) is 18.3. The number of nitrogens with one attached hydrogen (secondary N) is 1. The summed E-state index contributed by atoms with van der Waals surface area (Å²) in [6, 6.07) is 3.91. The molecule has 1 aliphatic heterocycles. The van der Waals surface area contributed by atoms with Crippen LogP contribution in [0.5, 0.6) is 5.88 Å². The van der Waals surface area contributed by atoms with Crippen molar-refractivity contribution in [1.29, 1.82) is 0 Å². The maximum atomic E-state index is 9.71. The summed E-state index contributed by atoms with van der Waals surface area (Å²) in [5, 5.41) is 13.0. The lowest BCUT2D eigenvalue weighted by atomic mass is 10.2. The van der Waals surface area contributed by atoms with Gasteiger partial charge in [0.15, 0.2) is 5.96 Å². The zero-order chi connectivity index (χ0) is 16.5. The van der Waals surface area contributed by atoms with Crippen molar-refractivity contribution < 1.29 is 9.84 Å². The molecule has 0 saturated carbocycles. The van der Waals surface area contributed by atoms with Gasteiger partial charge in [0.1, 0.15) is 0 Å². The predicted octanol–water partition coefficient (Wildman–Crippen LogP) is 1.79. The number of hydrogen-bond donors (Lipinski definition) is 2. The first-order valence-corrected chi connectivity index (χ1v) is 8.52. The van der Waals surface area contributed by atoms with Gasteiger partial charge in [0.2, 0.25) is 5.88 Å². The molecule has 2 heterocycles. The van der Waals surface area contributed by atoms with Crippen LogP contribution in [0.4, 0.5) is 0 Å². The predicted molar refractivity (Wildman–Crippen MR) is 91.7 cm³/mol. The maximum Gasteiger partial charge on any atom is 0.218 e. The van der Waals surface area contributed by atoms with Crippen molar-refractivity contribution in [1.82, 2.24) is 15.2 Å². The largest absolute Gasteiger partial charge is 0.477 e. The fourth-order valence-corrected chi connectivity index (χ4v) is 2.51. The van der Waals surface area contributed by atoms with Crippen molar-refractivity contribution in [3.63, 3.8) is 0 Å². The molecule has 128 valence electrons. The summed E-state index contributed by atoms with van der Waals surface area (Å²) in [6.45, 7) is 7.66. The molecule has 2 N–H and O–H groups in total. The number of likely N-dealkylation sites (tertiary alicyclic amines) is 1. The van der Waals surface area contributed by atoms with Crippen molar-refractivity contribution in [2.24, 2.45) is 4.99 Å². The Labute approximate surface area is 138 Å². The molecular weight excluding hydrogens is 292 g/mol. The molecule has 23 heavy (non-hydrogen) atoms. The lowest BCUT2D eigenvalue weighted by Crippen LogP contribution is -2.40. The Morgan fingerprint density at radius 1 is 1.52 bits per heavy atom. The monoisotopic (exact) mass is 320 g/mol. The Bertz CT molecular complexity index is 507. The van der Waals surface area contributed by atoms with E-state index in [9.17, 15) is 5.11 Å². The third-order valence-electron chi connectivity index (χ3n) is 3.78. The van der Waals surface area contributed by atoms with Gasteiger partial charge in [-0.3, -0.25) is 0 Å². The van der Waals surface area contributed by atoms with Crippen LogP contribution in [-0.2, 0) is 6.54 Å². The second kappa shape index (κ2) is 9.35. The maximum absolute atomic E-state index is 9.71. The summed E-state index contributed by atoms with van der Waals surface area (Å²) in [5.74, 6) is 1.51. The number of nitrogens with zero attached hydrogens (tertiary/aromatic N) is 3. The molecule has 0 unspecified atom stereocenters. The molecule has 0 aliphatic carbocycles. The first-order valence-electron chi connectivity index (χ1n) is 8.52. The fraction of sp³-hybridized carbons (Fsp3) is 0.647. The molecule has 1 fully saturated rings. The van der Waals surface area contributed by atoms with Crippen LogP contribution in [0, 0.1) is 0 Å². The van der Waals surface area contributed by atoms with Gasteiger partial charge in [0, 0.05) is 31.4 Å². The first-order chi connectivity index (χ1) is 11.2. The lowest BCUT2D eigenvalue weighted by Gasteiger charge is -2.21. The summed E-state index contributed by atoms with van der Waals surface area (Å²) < 4.78 is 5.76. The minimum absolute atomic E-state index is 0.259. The number of aliphatic imine (C=N–C) groups is 1. The number of rotatable bonds is 7. The van der Waals surface area contributed by atoms with Gasteiger partial charge in [-0.15, -0.1) is 0 Å². The van der Waals surface area contributed by atoms with Crippen molar-refractivity contribution in [3.05, 3.63) is 23.9 Å². The van der Waals surface area contributed by atoms with Gasteiger partial charge in [0.05, 0.1) is 19.3 Å². The summed E-state index contributed by atoms with van der Waals surface area (Å²) >= 11 is 0. The quantitative estimate of drug-likeness (QED) is 0.455. The molecular formula is C17H28N4O2. The van der Waals surface area contributed by atoms with Crippen molar-refractivity contribution in [3.8, 4) is 5.88 Å². The Morgan fingerprint density at radius 3 is 3.09 bits per heavy atom. The average molecular weight is 320 g/mol. The Hall–Kier alpha value is -1.82. The summed E-state index contributed by atoms with van der Waals surface area (Å²) in [5.41, 5.74) is 0.985. The van der Waals surface area contributed by atoms with Crippen LogP contribution < -0.4 is 10.1 Å². The SMILES string of the molecule is CCCCOc1ncccc1CN=C(NCC)N1CC[C@@H](O)C1. The van der Waals surface area contributed by atoms with E-state index in [-0.39, 0.29) is 6.10 Å². The van der Waals surface area contributed by atoms with E-state index in [2.05, 4.69) is 27.1 Å². The van der Waals surface area contributed by atoms with Crippen LogP contribution in [0.2, 0.25) is 0 Å². The topological polar surface area (TPSA) is 70.0 Å². The molecule has 0 aromatic carbocycles. The van der Waals surface area contributed by atoms with E-state index >= 15 is 0 Å². The molecule has 6 nitrogen and oxygen atoms in total. The number of unbranched alkanes of at least 4 members (excludes halogenated alkanes) is 1. The molecule has 1 saturated heterocycles. The fourth-order valence-electron chi connectivity index (χ4n) is 2.51. The highest BCUT2D eigenvalue weighted by molar-refractivity contribution is 5.80. The van der Waals surface area contributed by atoms with E-state index in [1.807, 2.05) is 19.1 Å². The van der Waals surface area contributed by atoms with E-state index in [0.29, 0.717) is 25.6 Å². The highest BCUT2D eigenvalue weighted by atomic mass is 16.5. The van der Waals surface area contributed by atoms with E-state index in [1.54, 1.807) is 6.20 Å². The molecule has 1 aromatic heterocycles. The van der Waals surface area contributed by atoms with Gasteiger partial charge < -0.3 is 20.1 Å². The van der Waals surface area contributed by atoms with Crippen LogP contribution >= 0.6 is 0 Å². The molecule has 6 heteroatoms. The molecule has 1 atom stereocenters. The molecule has 2 rings (SSSR count). The zero-order valence-electron chi connectivity index (χ0n) is 14.2. The highest BCUT2D eigenvalue weighted by Crippen LogP contribution is 2.16. The number of hydrogen-bond acceptors (Lipinski definition) is 4. The lowest BCUT2D eigenvalue weighted by molar-refractivity contribution is 0.188. The number of aliphatic hydroxyl groups is 1. The number of pyridine rings is 1. The number of β-amino-alcohol motifs (C(OH)–C–C–N with tert-alkyl or cyclic N) is 1. The Morgan fingerprint density at radius 2 is 2.39 bits per heavy atom. The van der Waals surface area contributed by atoms with Gasteiger partial charge in [-0.1, -0.05) is 19.4 Å². The molecule has 0 amide bonds. The van der Waals surface area contributed by atoms with Crippen LogP contribution in [0.1, 0.15) is 38.7 Å². The van der Waals surface area contributed by atoms with E-state index in [4.69, 9.17) is 4.74 Å². The second-order valence-corrected chi connectivity index (χ2v) is 5.73. The van der Waals surface area contributed by atoms with E-state index < -0.39 is 0 Å². The third-order valence-corrected chi connectivity index (χ3v) is 3.78. The van der Waals surface area contributed by atoms with Gasteiger partial charge in [-0.05, 0) is 25.8 Å². The van der Waals surface area contributed by atoms with Crippen LogP contribution in [-0.4, -0.2) is 53.3 Å². The molecule has 0 bridgehead atoms. The van der Waals surface area contributed by atoms with Crippen molar-refractivity contribution in [2.75, 3.05) is 26.2 Å². The molecule has 0 radical (unpaired) electrons. The number of aliphatic hydroxyl groups excluding tert-OH is 1. The average Bonchev–Trinajstić information content (AvgIpc) is 2.99. The van der Waals surface area contributed by atoms with Gasteiger partial charge in [0.25, 0.3) is 0 Å². The highest BCUT2D eigenvalue weighted by Gasteiger charge is 2.22. The van der Waals surface area contributed by atoms with Crippen LogP contribution in [0.25, 0.3) is 0 Å². The van der Waals surface area contributed by atoms with Gasteiger partial charge in [-0.25, -0.2) is 9.98 Å². The third kappa shape index (κ3) is 5.39. The number of ether oxygens (including phenoxy) is 1. The van der Waals surface area contributed by atoms with Gasteiger partial charge in [-0.2, -0.15) is 0 Å². The zero-order valence-corrected chi connectivity index (χ0v) is 14.2. The molecule has 1 aromatic rings. The minimum Gasteiger partial charge on any atom is -0.477 e. The van der Waals surface area contributed by atoms with Crippen molar-refractivity contribution in [2.45, 2.75) is 45.8 Å². The Balaban J connectivity index is 2.03. The molecule has 0 spiro atoms. The van der Waals surface area contributed by atoms with E-state index in [1.165, 1.54) is 0 Å². The van der Waals surface area contributed by atoms with Gasteiger partial charge >= 0.3 is 0 Å². The smallest absolute Gasteiger partial charge is 0.218 e. The summed E-state index contributed by atoms with van der Waals surface area (Å²) in [4.78, 5) is 11.1. The first kappa shape index (κ1) is 17.5. The summed E-state index contributed by atoms with van der Waals surface area (Å²) in [6.07, 6.45) is 4.40. The number of aromatic nitrogens is 1. The molecule has 1 aliphatic rings. The number of guanidine groups is 1. The van der Waals surface area contributed by atoms with E-state index in [0.717, 1.165) is 43.9 Å². The minimum atomic E-state index is -0.259. The van der Waals surface area contributed by atoms with Crippen molar-refractivity contribution >= 4 is 5.96 Å². The van der Waals surface area contributed by atoms with Crippen LogP contribution in [0.3, 0.4) is 0 Å². The second-order valence-electron chi connectivity index (χ2n) is 5.73. The summed E-state index contributed by atoms with van der Waals surface area (Å²) in [7, 11) is 0. The Kier molecular flexibility index (Phi) is 7.13. The standard InChI is InChI=1S/C17H28N4O2/c1-3-5-11-23-16-14(7-6-9-19-16)12-20-17(18-4-2)21-10-8-15(22)13-21/h6-7,9,15,22H,3-5,8,10-13H2,1-2H3,(H,18,20)/t15-/m1/s1.